The van der Waals surface area contributed by atoms with Crippen LogP contribution in [0.1, 0.15) is 17.0 Å². The maximum Gasteiger partial charge on any atom is 0.261 e. The van der Waals surface area contributed by atoms with Gasteiger partial charge in [0.1, 0.15) is 17.6 Å². The quantitative estimate of drug-likeness (QED) is 0.847. The van der Waals surface area contributed by atoms with Gasteiger partial charge in [0.25, 0.3) is 5.22 Å². The van der Waals surface area contributed by atoms with E-state index >= 15 is 0 Å². The van der Waals surface area contributed by atoms with E-state index in [0.29, 0.717) is 16.5 Å². The Labute approximate surface area is 110 Å². The molecule has 0 aliphatic rings. The van der Waals surface area contributed by atoms with Crippen molar-refractivity contribution in [2.24, 2.45) is 0 Å². The predicted molar refractivity (Wildman–Crippen MR) is 67.8 cm³/mol. The van der Waals surface area contributed by atoms with Gasteiger partial charge in [-0.3, -0.25) is 0 Å². The van der Waals surface area contributed by atoms with Crippen LogP contribution in [0.15, 0.2) is 32.7 Å². The van der Waals surface area contributed by atoms with E-state index in [1.54, 1.807) is 25.3 Å². The topological polar surface area (TPSA) is 59.0 Å². The molecule has 2 rings (SSSR count). The van der Waals surface area contributed by atoms with Crippen molar-refractivity contribution in [3.63, 3.8) is 0 Å². The molecule has 0 aliphatic heterocycles. The van der Waals surface area contributed by atoms with Crippen molar-refractivity contribution in [2.45, 2.75) is 24.0 Å². The van der Waals surface area contributed by atoms with E-state index in [9.17, 15) is 0 Å². The predicted octanol–water partition coefficient (Wildman–Crippen LogP) is 3.32. The second-order valence-corrected chi connectivity index (χ2v) is 4.69. The molecule has 0 amide bonds. The molecular weight excluding hydrogens is 248 g/mol. The van der Waals surface area contributed by atoms with E-state index in [4.69, 9.17) is 14.4 Å². The minimum Gasteiger partial charge on any atom is -0.497 e. The van der Waals surface area contributed by atoms with E-state index in [-0.39, 0.29) is 0 Å². The van der Waals surface area contributed by atoms with Crippen LogP contribution < -0.4 is 4.74 Å². The summed E-state index contributed by atoms with van der Waals surface area (Å²) in [6.45, 7) is 3.75. The van der Waals surface area contributed by atoms with E-state index in [1.807, 2.05) is 13.8 Å². The van der Waals surface area contributed by atoms with Crippen LogP contribution in [0.25, 0.3) is 0 Å². The fourth-order valence-corrected chi connectivity index (χ4v) is 2.32. The number of hydrogen-bond donors (Lipinski definition) is 0. The maximum atomic E-state index is 9.06. The van der Waals surface area contributed by atoms with Gasteiger partial charge in [-0.1, -0.05) is 0 Å². The third-order valence-corrected chi connectivity index (χ3v) is 3.42. The summed E-state index contributed by atoms with van der Waals surface area (Å²) in [6, 6.07) is 7.43. The Hall–Kier alpha value is -1.93. The summed E-state index contributed by atoms with van der Waals surface area (Å²) in [5, 5.41) is 9.60. The average molecular weight is 260 g/mol. The zero-order chi connectivity index (χ0) is 13.1. The SMILES string of the molecule is COc1ccc(C#N)c(Sc2nc(C)c(C)o2)c1. The fourth-order valence-electron chi connectivity index (χ4n) is 1.39. The molecule has 0 spiro atoms. The summed E-state index contributed by atoms with van der Waals surface area (Å²) in [7, 11) is 1.59. The molecule has 0 N–H and O–H groups in total. The first kappa shape index (κ1) is 12.5. The van der Waals surface area contributed by atoms with Gasteiger partial charge in [0.05, 0.1) is 18.4 Å². The van der Waals surface area contributed by atoms with Crippen molar-refractivity contribution in [1.29, 1.82) is 5.26 Å². The Morgan fingerprint density at radius 3 is 2.72 bits per heavy atom. The van der Waals surface area contributed by atoms with Crippen LogP contribution in [0, 0.1) is 25.2 Å². The smallest absolute Gasteiger partial charge is 0.261 e. The van der Waals surface area contributed by atoms with Gasteiger partial charge in [0, 0.05) is 4.90 Å². The molecule has 4 nitrogen and oxygen atoms in total. The maximum absolute atomic E-state index is 9.06. The summed E-state index contributed by atoms with van der Waals surface area (Å²) >= 11 is 1.32. The van der Waals surface area contributed by atoms with Gasteiger partial charge >= 0.3 is 0 Å². The first-order valence-electron chi connectivity index (χ1n) is 5.34. The van der Waals surface area contributed by atoms with Crippen molar-refractivity contribution >= 4 is 11.8 Å². The minimum absolute atomic E-state index is 0.537. The summed E-state index contributed by atoms with van der Waals surface area (Å²) in [5.41, 5.74) is 1.44. The molecule has 0 saturated heterocycles. The lowest BCUT2D eigenvalue weighted by Crippen LogP contribution is -1.86. The number of oxazole rings is 1. The van der Waals surface area contributed by atoms with Gasteiger partial charge < -0.3 is 9.15 Å². The summed E-state index contributed by atoms with van der Waals surface area (Å²) in [6.07, 6.45) is 0. The molecule has 92 valence electrons. The van der Waals surface area contributed by atoms with Gasteiger partial charge in [0.15, 0.2) is 0 Å². The van der Waals surface area contributed by atoms with Gasteiger partial charge in [-0.25, -0.2) is 4.98 Å². The first-order valence-corrected chi connectivity index (χ1v) is 6.15. The number of benzene rings is 1. The number of aromatic nitrogens is 1. The molecule has 5 heteroatoms. The van der Waals surface area contributed by atoms with Crippen molar-refractivity contribution < 1.29 is 9.15 Å². The van der Waals surface area contributed by atoms with Crippen LogP contribution in [-0.2, 0) is 0 Å². The van der Waals surface area contributed by atoms with E-state index in [1.165, 1.54) is 11.8 Å². The number of aryl methyl sites for hydroxylation is 2. The molecule has 0 unspecified atom stereocenters. The normalized spacial score (nSPS) is 10.1. The number of methoxy groups -OCH3 is 1. The Kier molecular flexibility index (Phi) is 3.58. The van der Waals surface area contributed by atoms with Crippen LogP contribution >= 0.6 is 11.8 Å². The van der Waals surface area contributed by atoms with Crippen LogP contribution in [0.2, 0.25) is 0 Å². The molecule has 1 heterocycles. The van der Waals surface area contributed by atoms with Crippen LogP contribution in [0.4, 0.5) is 0 Å². The molecule has 0 bridgehead atoms. The van der Waals surface area contributed by atoms with Crippen molar-refractivity contribution in [1.82, 2.24) is 4.98 Å². The number of rotatable bonds is 3. The highest BCUT2D eigenvalue weighted by molar-refractivity contribution is 7.99. The van der Waals surface area contributed by atoms with Gasteiger partial charge in [-0.05, 0) is 43.8 Å². The third-order valence-electron chi connectivity index (χ3n) is 2.52. The zero-order valence-corrected chi connectivity index (χ0v) is 11.2. The van der Waals surface area contributed by atoms with Crippen LogP contribution in [-0.4, -0.2) is 12.1 Å². The monoisotopic (exact) mass is 260 g/mol. The van der Waals surface area contributed by atoms with E-state index in [0.717, 1.165) is 16.3 Å². The lowest BCUT2D eigenvalue weighted by molar-refractivity contribution is 0.413. The second kappa shape index (κ2) is 5.15. The molecule has 18 heavy (non-hydrogen) atoms. The second-order valence-electron chi connectivity index (χ2n) is 3.70. The standard InChI is InChI=1S/C13H12N2O2S/c1-8-9(2)17-13(15-8)18-12-6-11(16-3)5-4-10(12)7-14/h4-6H,1-3H3. The van der Waals surface area contributed by atoms with Crippen molar-refractivity contribution in [3.8, 4) is 11.8 Å². The summed E-state index contributed by atoms with van der Waals surface area (Å²) in [4.78, 5) is 5.06. The zero-order valence-electron chi connectivity index (χ0n) is 10.4. The van der Waals surface area contributed by atoms with Gasteiger partial charge in [-0.2, -0.15) is 5.26 Å². The van der Waals surface area contributed by atoms with E-state index < -0.39 is 0 Å². The summed E-state index contributed by atoms with van der Waals surface area (Å²) in [5.74, 6) is 1.50. The van der Waals surface area contributed by atoms with E-state index in [2.05, 4.69) is 11.1 Å². The number of hydrogen-bond acceptors (Lipinski definition) is 5. The lowest BCUT2D eigenvalue weighted by Gasteiger charge is -2.04. The Balaban J connectivity index is 2.35. The molecule has 1 aromatic carbocycles. The molecule has 0 atom stereocenters. The average Bonchev–Trinajstić information content (AvgIpc) is 2.68. The fraction of sp³-hybridized carbons (Fsp3) is 0.231. The minimum atomic E-state index is 0.537. The molecule has 0 aliphatic carbocycles. The summed E-state index contributed by atoms with van der Waals surface area (Å²) < 4.78 is 10.6. The Bertz CT molecular complexity index is 594. The highest BCUT2D eigenvalue weighted by Crippen LogP contribution is 2.33. The molecule has 1 aromatic heterocycles. The van der Waals surface area contributed by atoms with Crippen molar-refractivity contribution in [3.05, 3.63) is 35.2 Å². The van der Waals surface area contributed by atoms with Crippen LogP contribution in [0.3, 0.4) is 0 Å². The van der Waals surface area contributed by atoms with Gasteiger partial charge in [0.2, 0.25) is 0 Å². The molecule has 2 aromatic rings. The molecule has 0 radical (unpaired) electrons. The lowest BCUT2D eigenvalue weighted by atomic mass is 10.2. The number of nitrogens with zero attached hydrogens (tertiary/aromatic N) is 2. The van der Waals surface area contributed by atoms with Crippen LogP contribution in [0.5, 0.6) is 5.75 Å². The Morgan fingerprint density at radius 2 is 2.17 bits per heavy atom. The third kappa shape index (κ3) is 2.49. The largest absolute Gasteiger partial charge is 0.497 e. The van der Waals surface area contributed by atoms with Crippen molar-refractivity contribution in [2.75, 3.05) is 7.11 Å². The number of nitriles is 1. The highest BCUT2D eigenvalue weighted by Gasteiger charge is 2.11. The highest BCUT2D eigenvalue weighted by atomic mass is 32.2. The first-order chi connectivity index (χ1) is 8.63. The number of ether oxygens (including phenoxy) is 1. The molecular formula is C13H12N2O2S. The molecule has 0 fully saturated rings. The molecule has 0 saturated carbocycles. The Morgan fingerprint density at radius 1 is 1.39 bits per heavy atom. The van der Waals surface area contributed by atoms with Gasteiger partial charge in [-0.15, -0.1) is 0 Å².